The first-order valence-corrected chi connectivity index (χ1v) is 7.41. The van der Waals surface area contributed by atoms with Gasteiger partial charge in [-0.2, -0.15) is 0 Å². The van der Waals surface area contributed by atoms with Gasteiger partial charge in [-0.25, -0.2) is 0 Å². The lowest BCUT2D eigenvalue weighted by Gasteiger charge is -2.06. The molecule has 0 unspecified atom stereocenters. The summed E-state index contributed by atoms with van der Waals surface area (Å²) in [6.45, 7) is 2.71. The molecular formula is C18H21IN4. The van der Waals surface area contributed by atoms with Crippen molar-refractivity contribution in [1.29, 1.82) is 0 Å². The summed E-state index contributed by atoms with van der Waals surface area (Å²) in [5.74, 6) is 0.449. The molecule has 0 aliphatic rings. The molecular weight excluding hydrogens is 399 g/mol. The molecule has 0 aliphatic carbocycles. The fourth-order valence-electron chi connectivity index (χ4n) is 2.55. The van der Waals surface area contributed by atoms with Crippen LogP contribution in [0.5, 0.6) is 0 Å². The van der Waals surface area contributed by atoms with E-state index in [0.29, 0.717) is 12.5 Å². The second-order valence-electron chi connectivity index (χ2n) is 5.37. The molecule has 0 saturated heterocycles. The maximum Gasteiger partial charge on any atom is 0.193 e. The summed E-state index contributed by atoms with van der Waals surface area (Å²) < 4.78 is 0. The third kappa shape index (κ3) is 4.48. The van der Waals surface area contributed by atoms with Gasteiger partial charge in [-0.15, -0.1) is 24.0 Å². The monoisotopic (exact) mass is 420 g/mol. The maximum atomic E-state index is 5.94. The molecule has 0 aliphatic heterocycles. The number of guanidine groups is 1. The summed E-state index contributed by atoms with van der Waals surface area (Å²) in [6.07, 6.45) is 2.91. The zero-order chi connectivity index (χ0) is 15.4. The number of aliphatic imine (C=N–C) groups is 1. The molecule has 0 bridgehead atoms. The molecule has 120 valence electrons. The molecule has 0 fully saturated rings. The molecule has 0 radical (unpaired) electrons. The molecule has 23 heavy (non-hydrogen) atoms. The number of hydrogen-bond donors (Lipinski definition) is 3. The maximum absolute atomic E-state index is 5.94. The minimum atomic E-state index is 0. The first-order chi connectivity index (χ1) is 10.7. The number of hydrogen-bond acceptors (Lipinski definition) is 1. The van der Waals surface area contributed by atoms with Crippen molar-refractivity contribution in [3.63, 3.8) is 0 Å². The van der Waals surface area contributed by atoms with Crippen LogP contribution in [0.2, 0.25) is 0 Å². The Labute approximate surface area is 153 Å². The van der Waals surface area contributed by atoms with Crippen LogP contribution in [0.15, 0.2) is 59.7 Å². The van der Waals surface area contributed by atoms with Crippen molar-refractivity contribution in [2.45, 2.75) is 13.3 Å². The number of H-pyrrole nitrogens is 1. The number of anilines is 1. The number of halogens is 1. The zero-order valence-electron chi connectivity index (χ0n) is 13.0. The van der Waals surface area contributed by atoms with Gasteiger partial charge >= 0.3 is 0 Å². The van der Waals surface area contributed by atoms with Crippen molar-refractivity contribution in [3.8, 4) is 0 Å². The number of aromatic amines is 1. The fraction of sp³-hybridized carbons (Fsp3) is 0.167. The fourth-order valence-corrected chi connectivity index (χ4v) is 2.55. The van der Waals surface area contributed by atoms with Crippen molar-refractivity contribution in [2.24, 2.45) is 10.7 Å². The van der Waals surface area contributed by atoms with Crippen molar-refractivity contribution in [3.05, 3.63) is 65.9 Å². The Hall–Kier alpha value is -2.02. The Balaban J connectivity index is 0.00000192. The van der Waals surface area contributed by atoms with E-state index >= 15 is 0 Å². The first kappa shape index (κ1) is 17.3. The molecule has 0 spiro atoms. The van der Waals surface area contributed by atoms with E-state index in [4.69, 9.17) is 5.73 Å². The quantitative estimate of drug-likeness (QED) is 0.339. The van der Waals surface area contributed by atoms with Gasteiger partial charge < -0.3 is 16.0 Å². The van der Waals surface area contributed by atoms with E-state index in [1.54, 1.807) is 0 Å². The highest BCUT2D eigenvalue weighted by molar-refractivity contribution is 14.0. The molecule has 0 amide bonds. The normalized spacial score (nSPS) is 11.3. The van der Waals surface area contributed by atoms with E-state index in [1.165, 1.54) is 16.5 Å². The van der Waals surface area contributed by atoms with Crippen molar-refractivity contribution < 1.29 is 0 Å². The van der Waals surface area contributed by atoms with Crippen LogP contribution in [-0.4, -0.2) is 17.5 Å². The summed E-state index contributed by atoms with van der Waals surface area (Å²) in [6, 6.07) is 16.4. The third-order valence-corrected chi connectivity index (χ3v) is 3.63. The van der Waals surface area contributed by atoms with E-state index in [1.807, 2.05) is 30.5 Å². The highest BCUT2D eigenvalue weighted by Gasteiger charge is 2.02. The van der Waals surface area contributed by atoms with E-state index < -0.39 is 0 Å². The number of nitrogens with one attached hydrogen (secondary N) is 2. The molecule has 1 heterocycles. The highest BCUT2D eigenvalue weighted by Crippen LogP contribution is 2.18. The van der Waals surface area contributed by atoms with Gasteiger partial charge in [-0.3, -0.25) is 4.99 Å². The highest BCUT2D eigenvalue weighted by atomic mass is 127. The van der Waals surface area contributed by atoms with Crippen LogP contribution < -0.4 is 11.1 Å². The zero-order valence-corrected chi connectivity index (χ0v) is 15.4. The second kappa shape index (κ2) is 8.01. The van der Waals surface area contributed by atoms with Crippen LogP contribution in [0, 0.1) is 6.92 Å². The number of fused-ring (bicyclic) bond motifs is 1. The van der Waals surface area contributed by atoms with Gasteiger partial charge in [0.2, 0.25) is 0 Å². The van der Waals surface area contributed by atoms with Crippen LogP contribution in [0.3, 0.4) is 0 Å². The number of aromatic nitrogens is 1. The average Bonchev–Trinajstić information content (AvgIpc) is 2.91. The number of aryl methyl sites for hydroxylation is 1. The van der Waals surface area contributed by atoms with Gasteiger partial charge in [-0.1, -0.05) is 30.3 Å². The van der Waals surface area contributed by atoms with Crippen molar-refractivity contribution in [2.75, 3.05) is 11.9 Å². The van der Waals surface area contributed by atoms with Gasteiger partial charge in [0.25, 0.3) is 0 Å². The van der Waals surface area contributed by atoms with Gasteiger partial charge in [0.05, 0.1) is 0 Å². The minimum absolute atomic E-state index is 0. The van der Waals surface area contributed by atoms with E-state index in [-0.39, 0.29) is 24.0 Å². The molecule has 2 aromatic carbocycles. The number of para-hydroxylation sites is 1. The number of nitrogens with zero attached hydrogens (tertiary/aromatic N) is 1. The number of rotatable bonds is 4. The van der Waals surface area contributed by atoms with Crippen LogP contribution in [0.4, 0.5) is 5.69 Å². The lowest BCUT2D eigenvalue weighted by molar-refractivity contribution is 0.972. The van der Waals surface area contributed by atoms with Crippen molar-refractivity contribution in [1.82, 2.24) is 4.98 Å². The van der Waals surface area contributed by atoms with Gasteiger partial charge in [0.1, 0.15) is 0 Å². The third-order valence-electron chi connectivity index (χ3n) is 3.63. The molecule has 3 aromatic rings. The summed E-state index contributed by atoms with van der Waals surface area (Å²) >= 11 is 0. The molecule has 4 N–H and O–H groups in total. The first-order valence-electron chi connectivity index (χ1n) is 7.41. The van der Waals surface area contributed by atoms with E-state index in [2.05, 4.69) is 46.5 Å². The Kier molecular flexibility index (Phi) is 6.04. The lowest BCUT2D eigenvalue weighted by atomic mass is 10.1. The predicted molar refractivity (Wildman–Crippen MR) is 109 cm³/mol. The molecule has 4 nitrogen and oxygen atoms in total. The Bertz CT molecular complexity index is 807. The van der Waals surface area contributed by atoms with E-state index in [9.17, 15) is 0 Å². The lowest BCUT2D eigenvalue weighted by Crippen LogP contribution is -2.23. The number of benzene rings is 2. The Morgan fingerprint density at radius 1 is 1.17 bits per heavy atom. The molecule has 0 saturated carbocycles. The predicted octanol–water partition coefficient (Wildman–Crippen LogP) is 4.06. The largest absolute Gasteiger partial charge is 0.370 e. The van der Waals surface area contributed by atoms with Gasteiger partial charge in [0.15, 0.2) is 5.96 Å². The van der Waals surface area contributed by atoms with Crippen molar-refractivity contribution >= 4 is 46.5 Å². The SMILES string of the molecule is Cc1cccc(NC(N)=NCCc2c[nH]c3ccccc23)c1.I. The summed E-state index contributed by atoms with van der Waals surface area (Å²) in [7, 11) is 0. The topological polar surface area (TPSA) is 66.2 Å². The molecule has 1 aromatic heterocycles. The van der Waals surface area contributed by atoms with Crippen LogP contribution in [0.25, 0.3) is 10.9 Å². The summed E-state index contributed by atoms with van der Waals surface area (Å²) in [5, 5.41) is 4.37. The molecule has 5 heteroatoms. The Morgan fingerprint density at radius 3 is 2.83 bits per heavy atom. The van der Waals surface area contributed by atoms with E-state index in [0.717, 1.165) is 17.6 Å². The number of nitrogens with two attached hydrogens (primary N) is 1. The summed E-state index contributed by atoms with van der Waals surface area (Å²) in [5.41, 5.74) is 10.5. The average molecular weight is 420 g/mol. The molecule has 0 atom stereocenters. The van der Waals surface area contributed by atoms with Gasteiger partial charge in [0, 0.05) is 29.3 Å². The van der Waals surface area contributed by atoms with Gasteiger partial charge in [-0.05, 0) is 42.7 Å². The standard InChI is InChI=1S/C18H20N4.HI/c1-13-5-4-6-15(11-13)22-18(19)20-10-9-14-12-21-17-8-3-2-7-16(14)17;/h2-8,11-12,21H,9-10H2,1H3,(H3,19,20,22);1H. The molecule has 3 rings (SSSR count). The van der Waals surface area contributed by atoms with Crippen LogP contribution in [0.1, 0.15) is 11.1 Å². The van der Waals surface area contributed by atoms with Crippen LogP contribution >= 0.6 is 24.0 Å². The smallest absolute Gasteiger partial charge is 0.193 e. The second-order valence-corrected chi connectivity index (χ2v) is 5.37. The minimum Gasteiger partial charge on any atom is -0.370 e. The summed E-state index contributed by atoms with van der Waals surface area (Å²) in [4.78, 5) is 7.68. The van der Waals surface area contributed by atoms with Crippen LogP contribution in [-0.2, 0) is 6.42 Å². The Morgan fingerprint density at radius 2 is 2.00 bits per heavy atom.